The highest BCUT2D eigenvalue weighted by Gasteiger charge is 2.26. The van der Waals surface area contributed by atoms with Gasteiger partial charge in [0.15, 0.2) is 0 Å². The first-order valence-corrected chi connectivity index (χ1v) is 9.01. The first-order valence-electron chi connectivity index (χ1n) is 8.02. The molecule has 5 nitrogen and oxygen atoms in total. The standard InChI is InChI=1S/C17H25N3O2S/c1-13-4-6-15(7-5-13)23-10-8-19-17(22)14-3-2-9-20(11-14)12-16(18)21/h4-7,14H,2-3,8-12H2,1H3,(H2,18,21)(H,19,22)/t14-/m0/s1. The molecule has 1 aromatic rings. The van der Waals surface area contributed by atoms with Crippen molar-refractivity contribution in [2.45, 2.75) is 24.7 Å². The molecule has 0 aliphatic carbocycles. The van der Waals surface area contributed by atoms with E-state index in [-0.39, 0.29) is 24.3 Å². The summed E-state index contributed by atoms with van der Waals surface area (Å²) in [6.07, 6.45) is 1.82. The number of thioether (sulfide) groups is 1. The minimum absolute atomic E-state index is 0.0347. The van der Waals surface area contributed by atoms with E-state index in [0.717, 1.165) is 25.1 Å². The second-order valence-electron chi connectivity index (χ2n) is 5.99. The van der Waals surface area contributed by atoms with Crippen LogP contribution in [0.4, 0.5) is 0 Å². The molecule has 1 fully saturated rings. The van der Waals surface area contributed by atoms with E-state index in [1.165, 1.54) is 10.5 Å². The third kappa shape index (κ3) is 6.23. The van der Waals surface area contributed by atoms with Gasteiger partial charge in [-0.1, -0.05) is 17.7 Å². The summed E-state index contributed by atoms with van der Waals surface area (Å²) in [4.78, 5) is 26.4. The van der Waals surface area contributed by atoms with Crippen molar-refractivity contribution >= 4 is 23.6 Å². The average Bonchev–Trinajstić information content (AvgIpc) is 2.52. The molecule has 0 saturated carbocycles. The number of nitrogens with zero attached hydrogens (tertiary/aromatic N) is 1. The SMILES string of the molecule is Cc1ccc(SCCNC(=O)[C@H]2CCCN(CC(N)=O)C2)cc1. The number of nitrogens with two attached hydrogens (primary N) is 1. The summed E-state index contributed by atoms with van der Waals surface area (Å²) in [5.41, 5.74) is 6.47. The van der Waals surface area contributed by atoms with Crippen LogP contribution in [-0.4, -0.2) is 48.6 Å². The van der Waals surface area contributed by atoms with E-state index in [0.29, 0.717) is 13.1 Å². The Morgan fingerprint density at radius 2 is 2.09 bits per heavy atom. The maximum absolute atomic E-state index is 12.2. The van der Waals surface area contributed by atoms with E-state index in [1.807, 2.05) is 4.90 Å². The van der Waals surface area contributed by atoms with E-state index in [2.05, 4.69) is 36.5 Å². The fraction of sp³-hybridized carbons (Fsp3) is 0.529. The van der Waals surface area contributed by atoms with E-state index >= 15 is 0 Å². The predicted molar refractivity (Wildman–Crippen MR) is 93.3 cm³/mol. The second-order valence-corrected chi connectivity index (χ2v) is 7.16. The van der Waals surface area contributed by atoms with Crippen LogP contribution in [-0.2, 0) is 9.59 Å². The van der Waals surface area contributed by atoms with Gasteiger partial charge in [0.2, 0.25) is 11.8 Å². The molecule has 0 spiro atoms. The number of rotatable bonds is 7. The lowest BCUT2D eigenvalue weighted by Crippen LogP contribution is -2.46. The molecule has 3 N–H and O–H groups in total. The van der Waals surface area contributed by atoms with Crippen LogP contribution in [0, 0.1) is 12.8 Å². The molecule has 1 aliphatic heterocycles. The zero-order valence-electron chi connectivity index (χ0n) is 13.6. The molecular formula is C17H25N3O2S. The summed E-state index contributed by atoms with van der Waals surface area (Å²) in [6, 6.07) is 8.39. The molecule has 1 aromatic carbocycles. The monoisotopic (exact) mass is 335 g/mol. The molecule has 1 saturated heterocycles. The van der Waals surface area contributed by atoms with Crippen molar-refractivity contribution in [3.05, 3.63) is 29.8 Å². The van der Waals surface area contributed by atoms with Gasteiger partial charge in [0.25, 0.3) is 0 Å². The largest absolute Gasteiger partial charge is 0.369 e. The second kappa shape index (κ2) is 8.93. The Bertz CT molecular complexity index is 533. The molecule has 0 radical (unpaired) electrons. The predicted octanol–water partition coefficient (Wildman–Crippen LogP) is 1.40. The molecule has 0 aromatic heterocycles. The first-order chi connectivity index (χ1) is 11.0. The number of carbonyl (C=O) groups is 2. The Hall–Kier alpha value is -1.53. The Kier molecular flexibility index (Phi) is 6.92. The summed E-state index contributed by atoms with van der Waals surface area (Å²) < 4.78 is 0. The van der Waals surface area contributed by atoms with Crippen molar-refractivity contribution in [2.75, 3.05) is 31.9 Å². The van der Waals surface area contributed by atoms with Crippen LogP contribution in [0.25, 0.3) is 0 Å². The fourth-order valence-electron chi connectivity index (χ4n) is 2.76. The van der Waals surface area contributed by atoms with Crippen molar-refractivity contribution < 1.29 is 9.59 Å². The molecule has 1 heterocycles. The smallest absolute Gasteiger partial charge is 0.231 e. The maximum atomic E-state index is 12.2. The molecule has 2 rings (SSSR count). The van der Waals surface area contributed by atoms with Crippen LogP contribution in [0.5, 0.6) is 0 Å². The van der Waals surface area contributed by atoms with Gasteiger partial charge in [-0.3, -0.25) is 14.5 Å². The van der Waals surface area contributed by atoms with E-state index in [4.69, 9.17) is 5.73 Å². The van der Waals surface area contributed by atoms with Gasteiger partial charge >= 0.3 is 0 Å². The topological polar surface area (TPSA) is 75.4 Å². The van der Waals surface area contributed by atoms with Crippen LogP contribution in [0.2, 0.25) is 0 Å². The number of nitrogens with one attached hydrogen (secondary N) is 1. The van der Waals surface area contributed by atoms with Crippen LogP contribution in [0.1, 0.15) is 18.4 Å². The highest BCUT2D eigenvalue weighted by atomic mass is 32.2. The molecule has 23 heavy (non-hydrogen) atoms. The highest BCUT2D eigenvalue weighted by Crippen LogP contribution is 2.18. The van der Waals surface area contributed by atoms with Crippen molar-refractivity contribution in [1.29, 1.82) is 0 Å². The number of aryl methyl sites for hydroxylation is 1. The Morgan fingerprint density at radius 1 is 1.35 bits per heavy atom. The average molecular weight is 335 g/mol. The molecule has 1 aliphatic rings. The van der Waals surface area contributed by atoms with Gasteiger partial charge in [-0.2, -0.15) is 0 Å². The van der Waals surface area contributed by atoms with E-state index in [1.54, 1.807) is 11.8 Å². The lowest BCUT2D eigenvalue weighted by molar-refractivity contribution is -0.128. The lowest BCUT2D eigenvalue weighted by atomic mass is 9.97. The van der Waals surface area contributed by atoms with Gasteiger partial charge in [0.1, 0.15) is 0 Å². The van der Waals surface area contributed by atoms with Crippen LogP contribution in [0.3, 0.4) is 0 Å². The maximum Gasteiger partial charge on any atom is 0.231 e. The number of hydrogen-bond acceptors (Lipinski definition) is 4. The van der Waals surface area contributed by atoms with Gasteiger partial charge in [-0.15, -0.1) is 11.8 Å². The number of hydrogen-bond donors (Lipinski definition) is 2. The van der Waals surface area contributed by atoms with Crippen LogP contribution >= 0.6 is 11.8 Å². The molecule has 0 unspecified atom stereocenters. The Labute approximate surface area is 142 Å². The van der Waals surface area contributed by atoms with Crippen molar-refractivity contribution in [2.24, 2.45) is 11.7 Å². The lowest BCUT2D eigenvalue weighted by Gasteiger charge is -2.30. The molecule has 1 atom stereocenters. The zero-order valence-corrected chi connectivity index (χ0v) is 14.4. The number of primary amides is 1. The third-order valence-corrected chi connectivity index (χ3v) is 4.96. The van der Waals surface area contributed by atoms with Gasteiger partial charge in [0.05, 0.1) is 12.5 Å². The molecule has 0 bridgehead atoms. The first kappa shape index (κ1) is 17.8. The van der Waals surface area contributed by atoms with Crippen molar-refractivity contribution in [3.8, 4) is 0 Å². The van der Waals surface area contributed by atoms with E-state index < -0.39 is 0 Å². The fourth-order valence-corrected chi connectivity index (χ4v) is 3.52. The number of piperidine rings is 1. The van der Waals surface area contributed by atoms with Crippen molar-refractivity contribution in [1.82, 2.24) is 10.2 Å². The van der Waals surface area contributed by atoms with Gasteiger partial charge in [-0.05, 0) is 38.4 Å². The minimum Gasteiger partial charge on any atom is -0.369 e. The number of benzene rings is 1. The van der Waals surface area contributed by atoms with Gasteiger partial charge < -0.3 is 11.1 Å². The van der Waals surface area contributed by atoms with Gasteiger partial charge in [-0.25, -0.2) is 0 Å². The van der Waals surface area contributed by atoms with Crippen molar-refractivity contribution in [3.63, 3.8) is 0 Å². The quantitative estimate of drug-likeness (QED) is 0.583. The summed E-state index contributed by atoms with van der Waals surface area (Å²) >= 11 is 1.74. The Balaban J connectivity index is 1.67. The van der Waals surface area contributed by atoms with Crippen LogP contribution < -0.4 is 11.1 Å². The van der Waals surface area contributed by atoms with Gasteiger partial charge in [0, 0.05) is 23.7 Å². The zero-order chi connectivity index (χ0) is 16.7. The summed E-state index contributed by atoms with van der Waals surface area (Å²) in [7, 11) is 0. The minimum atomic E-state index is -0.333. The number of amides is 2. The number of carbonyl (C=O) groups excluding carboxylic acids is 2. The summed E-state index contributed by atoms with van der Waals surface area (Å²) in [5, 5.41) is 3.01. The molecule has 6 heteroatoms. The Morgan fingerprint density at radius 3 is 2.78 bits per heavy atom. The van der Waals surface area contributed by atoms with Crippen LogP contribution in [0.15, 0.2) is 29.2 Å². The third-order valence-electron chi connectivity index (χ3n) is 3.95. The molecule has 2 amide bonds. The summed E-state index contributed by atoms with van der Waals surface area (Å²) in [6.45, 7) is 4.44. The summed E-state index contributed by atoms with van der Waals surface area (Å²) in [5.74, 6) is 0.573. The normalized spacial score (nSPS) is 18.6. The number of likely N-dealkylation sites (tertiary alicyclic amines) is 1. The molecule has 126 valence electrons. The molecular weight excluding hydrogens is 310 g/mol. The van der Waals surface area contributed by atoms with E-state index in [9.17, 15) is 9.59 Å². The highest BCUT2D eigenvalue weighted by molar-refractivity contribution is 7.99.